The number of rotatable bonds is 63. The molecule has 0 aromatic carbocycles. The van der Waals surface area contributed by atoms with Gasteiger partial charge in [-0.1, -0.05) is 335 Å². The van der Waals surface area contributed by atoms with E-state index in [1.807, 2.05) is 0 Å². The van der Waals surface area contributed by atoms with Crippen molar-refractivity contribution in [1.82, 2.24) is 0 Å². The van der Waals surface area contributed by atoms with Crippen LogP contribution in [-0.4, -0.2) is 37.2 Å². The fourth-order valence-corrected chi connectivity index (χ4v) is 9.77. The highest BCUT2D eigenvalue weighted by atomic mass is 16.6. The molecule has 0 fully saturated rings. The van der Waals surface area contributed by atoms with Gasteiger partial charge in [-0.25, -0.2) is 0 Å². The Labute approximate surface area is 513 Å². The zero-order valence-corrected chi connectivity index (χ0v) is 54.4. The minimum Gasteiger partial charge on any atom is -0.462 e. The maximum absolute atomic E-state index is 12.9. The Morgan fingerprint density at radius 3 is 0.735 bits per heavy atom. The summed E-state index contributed by atoms with van der Waals surface area (Å²) in [4.78, 5) is 38.4. The predicted octanol–water partition coefficient (Wildman–Crippen LogP) is 24.3. The Morgan fingerprint density at radius 1 is 0.253 bits per heavy atom. The number of unbranched alkanes of at least 4 members (excludes halogenated alkanes) is 32. The molecule has 0 bridgehead atoms. The molecule has 0 aliphatic carbocycles. The maximum Gasteiger partial charge on any atom is 0.306 e. The zero-order chi connectivity index (χ0) is 59.9. The van der Waals surface area contributed by atoms with Crippen LogP contribution in [0.4, 0.5) is 0 Å². The van der Waals surface area contributed by atoms with Crippen molar-refractivity contribution in [3.05, 3.63) is 122 Å². The van der Waals surface area contributed by atoms with Crippen LogP contribution in [0.5, 0.6) is 0 Å². The van der Waals surface area contributed by atoms with Crippen molar-refractivity contribution in [2.45, 2.75) is 335 Å². The van der Waals surface area contributed by atoms with Crippen molar-refractivity contribution in [3.63, 3.8) is 0 Å². The molecule has 0 saturated heterocycles. The highest BCUT2D eigenvalue weighted by Gasteiger charge is 2.19. The van der Waals surface area contributed by atoms with Gasteiger partial charge in [0.25, 0.3) is 0 Å². The van der Waals surface area contributed by atoms with Crippen molar-refractivity contribution in [2.75, 3.05) is 13.2 Å². The standard InChI is InChI=1S/C77H130O6/c1-4-7-10-13-16-19-22-25-27-29-31-33-34-35-36-37-38-39-40-41-42-43-44-45-47-48-50-52-55-58-61-64-67-70-76(79)82-73-74(72-81-75(78)69-66-63-60-57-54-24-21-18-15-12-9-6-3)83-77(80)71-68-65-62-59-56-53-51-49-46-32-30-28-26-23-20-17-14-11-8-5-2/h7,10,16,19,25,27,31,33,35-36,38-39,41-42,44-45,48,50,55,58,74H,4-6,8-9,11-15,17-18,20-24,26,28-30,32,34,37,40,43,46-47,49,51-54,56-57,59-73H2,1-3H3/b10-7-,19-16-,27-25-,33-31-,36-35-,39-38-,42-41-,45-44-,50-48-,58-55-. The van der Waals surface area contributed by atoms with Crippen molar-refractivity contribution < 1.29 is 28.6 Å². The molecule has 83 heavy (non-hydrogen) atoms. The molecule has 0 saturated carbocycles. The van der Waals surface area contributed by atoms with Gasteiger partial charge in [-0.3, -0.25) is 14.4 Å². The van der Waals surface area contributed by atoms with Gasteiger partial charge in [0, 0.05) is 19.3 Å². The average molecular weight is 1150 g/mol. The molecule has 0 aliphatic heterocycles. The molecule has 0 heterocycles. The van der Waals surface area contributed by atoms with Crippen LogP contribution in [0, 0.1) is 0 Å². The number of esters is 3. The van der Waals surface area contributed by atoms with Crippen LogP contribution in [0.15, 0.2) is 122 Å². The van der Waals surface area contributed by atoms with Gasteiger partial charge in [-0.05, 0) is 96.3 Å². The lowest BCUT2D eigenvalue weighted by atomic mass is 10.0. The molecule has 0 spiro atoms. The lowest BCUT2D eigenvalue weighted by Gasteiger charge is -2.18. The first-order valence-corrected chi connectivity index (χ1v) is 35.0. The lowest BCUT2D eigenvalue weighted by molar-refractivity contribution is -0.167. The van der Waals surface area contributed by atoms with Gasteiger partial charge in [-0.2, -0.15) is 0 Å². The van der Waals surface area contributed by atoms with E-state index in [4.69, 9.17) is 14.2 Å². The Bertz CT molecular complexity index is 1700. The summed E-state index contributed by atoms with van der Waals surface area (Å²) in [5, 5.41) is 0. The molecule has 0 aromatic heterocycles. The Morgan fingerprint density at radius 2 is 0.470 bits per heavy atom. The van der Waals surface area contributed by atoms with Crippen LogP contribution >= 0.6 is 0 Å². The SMILES string of the molecule is CC/C=C\C/C=C\C/C=C\C/C=C\C/C=C\C/C=C\C/C=C\C/C=C\C/C=C\C/C=C\CCCCC(=O)OCC(COC(=O)CCCCCCCCCCCCCC)OC(=O)CCCCCCCCCCCCCCCCCCCCCC. The summed E-state index contributed by atoms with van der Waals surface area (Å²) in [6.45, 7) is 6.52. The first kappa shape index (κ1) is 78.8. The van der Waals surface area contributed by atoms with Gasteiger partial charge in [0.1, 0.15) is 13.2 Å². The van der Waals surface area contributed by atoms with E-state index in [2.05, 4.69) is 142 Å². The molecular formula is C77H130O6. The molecule has 6 nitrogen and oxygen atoms in total. The number of hydrogen-bond acceptors (Lipinski definition) is 6. The monoisotopic (exact) mass is 1150 g/mol. The average Bonchev–Trinajstić information content (AvgIpc) is 3.49. The first-order chi connectivity index (χ1) is 41.0. The summed E-state index contributed by atoms with van der Waals surface area (Å²) in [7, 11) is 0. The van der Waals surface area contributed by atoms with Crippen LogP contribution in [-0.2, 0) is 28.6 Å². The van der Waals surface area contributed by atoms with E-state index in [0.717, 1.165) is 122 Å². The van der Waals surface area contributed by atoms with Crippen molar-refractivity contribution in [3.8, 4) is 0 Å². The van der Waals surface area contributed by atoms with Gasteiger partial charge >= 0.3 is 17.9 Å². The molecule has 0 aromatic rings. The summed E-state index contributed by atoms with van der Waals surface area (Å²) >= 11 is 0. The molecule has 0 aliphatic rings. The third-order valence-corrected chi connectivity index (χ3v) is 15.0. The summed E-state index contributed by atoms with van der Waals surface area (Å²) in [6.07, 6.45) is 98.0. The summed E-state index contributed by atoms with van der Waals surface area (Å²) in [5.74, 6) is -0.922. The number of allylic oxidation sites excluding steroid dienone is 20. The Hall–Kier alpha value is -4.19. The summed E-state index contributed by atoms with van der Waals surface area (Å²) in [5.41, 5.74) is 0. The van der Waals surface area contributed by atoms with Gasteiger partial charge in [0.15, 0.2) is 6.10 Å². The molecule has 6 heteroatoms. The van der Waals surface area contributed by atoms with E-state index in [9.17, 15) is 14.4 Å². The van der Waals surface area contributed by atoms with E-state index in [-0.39, 0.29) is 31.1 Å². The van der Waals surface area contributed by atoms with E-state index >= 15 is 0 Å². The van der Waals surface area contributed by atoms with Crippen molar-refractivity contribution in [2.24, 2.45) is 0 Å². The second-order valence-electron chi connectivity index (χ2n) is 23.1. The quantitative estimate of drug-likeness (QED) is 0.0261. The lowest BCUT2D eigenvalue weighted by Crippen LogP contribution is -2.30. The van der Waals surface area contributed by atoms with E-state index in [1.54, 1.807) is 0 Å². The minimum absolute atomic E-state index is 0.0887. The highest BCUT2D eigenvalue weighted by molar-refractivity contribution is 5.71. The fraction of sp³-hybridized carbons (Fsp3) is 0.701. The predicted molar refractivity (Wildman–Crippen MR) is 362 cm³/mol. The normalized spacial score (nSPS) is 12.9. The van der Waals surface area contributed by atoms with Crippen LogP contribution in [0.2, 0.25) is 0 Å². The van der Waals surface area contributed by atoms with Gasteiger partial charge < -0.3 is 14.2 Å². The van der Waals surface area contributed by atoms with Crippen LogP contribution in [0.1, 0.15) is 329 Å². The second-order valence-corrected chi connectivity index (χ2v) is 23.1. The number of ether oxygens (including phenoxy) is 3. The fourth-order valence-electron chi connectivity index (χ4n) is 9.77. The van der Waals surface area contributed by atoms with Crippen molar-refractivity contribution in [1.29, 1.82) is 0 Å². The van der Waals surface area contributed by atoms with Crippen LogP contribution in [0.3, 0.4) is 0 Å². The van der Waals surface area contributed by atoms with E-state index in [0.29, 0.717) is 19.3 Å². The zero-order valence-electron chi connectivity index (χ0n) is 54.4. The molecule has 1 unspecified atom stereocenters. The Kier molecular flexibility index (Phi) is 66.7. The summed E-state index contributed by atoms with van der Waals surface area (Å²) in [6, 6.07) is 0. The summed E-state index contributed by atoms with van der Waals surface area (Å²) < 4.78 is 16.9. The minimum atomic E-state index is -0.796. The van der Waals surface area contributed by atoms with Crippen LogP contribution < -0.4 is 0 Å². The molecule has 0 radical (unpaired) electrons. The van der Waals surface area contributed by atoms with Crippen LogP contribution in [0.25, 0.3) is 0 Å². The van der Waals surface area contributed by atoms with Gasteiger partial charge in [-0.15, -0.1) is 0 Å². The number of carbonyl (C=O) groups excluding carboxylic acids is 3. The Balaban J connectivity index is 4.35. The molecule has 0 rings (SSSR count). The third-order valence-electron chi connectivity index (χ3n) is 15.0. The van der Waals surface area contributed by atoms with Gasteiger partial charge in [0.2, 0.25) is 0 Å². The molecule has 1 atom stereocenters. The van der Waals surface area contributed by atoms with E-state index in [1.165, 1.54) is 167 Å². The van der Waals surface area contributed by atoms with Gasteiger partial charge in [0.05, 0.1) is 0 Å². The third kappa shape index (κ3) is 68.5. The number of hydrogen-bond donors (Lipinski definition) is 0. The molecule has 474 valence electrons. The molecule has 0 amide bonds. The highest BCUT2D eigenvalue weighted by Crippen LogP contribution is 2.17. The smallest absolute Gasteiger partial charge is 0.306 e. The topological polar surface area (TPSA) is 78.9 Å². The number of carbonyl (C=O) groups is 3. The second kappa shape index (κ2) is 70.3. The molecule has 0 N–H and O–H groups in total. The molecular weight excluding hydrogens is 1020 g/mol. The first-order valence-electron chi connectivity index (χ1n) is 35.0. The maximum atomic E-state index is 12.9. The largest absolute Gasteiger partial charge is 0.462 e. The van der Waals surface area contributed by atoms with Crippen molar-refractivity contribution >= 4 is 17.9 Å². The van der Waals surface area contributed by atoms with E-state index < -0.39 is 6.10 Å².